The number of pyridine rings is 3. The number of benzene rings is 3. The average molecular weight is 944 g/mol. The minimum Gasteiger partial charge on any atom is -0.508 e. The van der Waals surface area contributed by atoms with Crippen LogP contribution in [-0.2, 0) is 30.8 Å². The van der Waals surface area contributed by atoms with Gasteiger partial charge in [-0.1, -0.05) is 49.4 Å². The lowest BCUT2D eigenvalue weighted by atomic mass is 9.92. The number of nitrogens with zero attached hydrogens (tertiary/aromatic N) is 3. The van der Waals surface area contributed by atoms with Crippen LogP contribution in [0.25, 0.3) is 33.5 Å². The number of alkyl halides is 2. The van der Waals surface area contributed by atoms with E-state index in [-0.39, 0.29) is 67.0 Å². The van der Waals surface area contributed by atoms with Crippen molar-refractivity contribution in [3.8, 4) is 50.8 Å². The number of nitrogens with one attached hydrogen (secondary N) is 3. The number of hydrogen-bond donors (Lipinski definition) is 5. The van der Waals surface area contributed by atoms with Gasteiger partial charge in [-0.05, 0) is 97.0 Å². The second-order valence-corrected chi connectivity index (χ2v) is 16.4. The molecule has 0 unspecified atom stereocenters. The topological polar surface area (TPSA) is 218 Å². The number of carbonyl (C=O) groups excluding carboxylic acids is 3. The van der Waals surface area contributed by atoms with E-state index in [1.807, 2.05) is 32.0 Å². The standard InChI is InChI=1S/C51H51F2N7O9/c1-3-38-39(30-58-46(54)44(38)32-8-12-37(61)13-9-32)35-10-14-40(57-29-35)48(63)56-20-22-66-24-26-67-25-23-65-21-19-55-47(62)34-6-4-5-33(27-34)45-31(2)7-16-43(59-45)60-49(64)50(17-18-50)36-11-15-41-42(28-36)69-51(52,53)68-41/h4-16,27-30,61H,3,17-26H2,1-2H3,(H2,54,58)(H,55,62)(H,56,63)(H,59,60,64). The van der Waals surface area contributed by atoms with Crippen LogP contribution >= 0.6 is 0 Å². The van der Waals surface area contributed by atoms with Crippen LogP contribution in [0.1, 0.15) is 57.3 Å². The van der Waals surface area contributed by atoms with Gasteiger partial charge >= 0.3 is 6.29 Å². The van der Waals surface area contributed by atoms with E-state index in [4.69, 9.17) is 24.9 Å². The summed E-state index contributed by atoms with van der Waals surface area (Å²) in [7, 11) is 0. The summed E-state index contributed by atoms with van der Waals surface area (Å²) >= 11 is 0. The maximum Gasteiger partial charge on any atom is 0.586 e. The van der Waals surface area contributed by atoms with Crippen molar-refractivity contribution in [3.05, 3.63) is 131 Å². The molecule has 0 saturated heterocycles. The highest BCUT2D eigenvalue weighted by Gasteiger charge is 2.53. The van der Waals surface area contributed by atoms with Crippen LogP contribution in [0.4, 0.5) is 20.4 Å². The molecule has 4 heterocycles. The Hall–Kier alpha value is -7.54. The number of phenols is 1. The molecule has 3 amide bonds. The Bertz CT molecular complexity index is 2830. The number of nitrogen functional groups attached to an aromatic ring is 1. The summed E-state index contributed by atoms with van der Waals surface area (Å²) in [6.07, 6.45) is 1.33. The molecular formula is C51H51F2N7O9. The summed E-state index contributed by atoms with van der Waals surface area (Å²) in [5.41, 5.74) is 13.0. The Labute approximate surface area is 396 Å². The van der Waals surface area contributed by atoms with Crippen LogP contribution in [0.2, 0.25) is 0 Å². The van der Waals surface area contributed by atoms with E-state index in [9.17, 15) is 28.3 Å². The van der Waals surface area contributed by atoms with Gasteiger partial charge in [-0.3, -0.25) is 19.4 Å². The molecule has 0 spiro atoms. The molecule has 1 fully saturated rings. The van der Waals surface area contributed by atoms with E-state index in [1.165, 1.54) is 12.1 Å². The number of phenolic OH excluding ortho intramolecular Hbond substituents is 1. The number of halogens is 2. The summed E-state index contributed by atoms with van der Waals surface area (Å²) in [5.74, 6) is -0.285. The number of hydrogen-bond acceptors (Lipinski definition) is 13. The van der Waals surface area contributed by atoms with Gasteiger partial charge in [0.25, 0.3) is 11.8 Å². The molecule has 358 valence electrons. The maximum atomic E-state index is 13.6. The Balaban J connectivity index is 0.698. The van der Waals surface area contributed by atoms with E-state index in [2.05, 4.69) is 35.4 Å². The predicted molar refractivity (Wildman–Crippen MR) is 252 cm³/mol. The van der Waals surface area contributed by atoms with E-state index in [1.54, 1.807) is 73.1 Å². The molecular weight excluding hydrogens is 893 g/mol. The second kappa shape index (κ2) is 21.2. The van der Waals surface area contributed by atoms with Gasteiger partial charge in [0.1, 0.15) is 23.1 Å². The van der Waals surface area contributed by atoms with Crippen molar-refractivity contribution in [3.63, 3.8) is 0 Å². The fourth-order valence-corrected chi connectivity index (χ4v) is 7.98. The highest BCUT2D eigenvalue weighted by atomic mass is 19.3. The highest BCUT2D eigenvalue weighted by Crippen LogP contribution is 2.52. The molecule has 6 N–H and O–H groups in total. The minimum atomic E-state index is -3.75. The smallest absolute Gasteiger partial charge is 0.508 e. The van der Waals surface area contributed by atoms with E-state index in [0.717, 1.165) is 33.4 Å². The number of anilines is 2. The molecule has 2 aliphatic rings. The Morgan fingerprint density at radius 3 is 2.12 bits per heavy atom. The molecule has 69 heavy (non-hydrogen) atoms. The third kappa shape index (κ3) is 11.4. The lowest BCUT2D eigenvalue weighted by Gasteiger charge is -2.17. The van der Waals surface area contributed by atoms with Crippen molar-refractivity contribution < 1.29 is 52.0 Å². The Morgan fingerprint density at radius 1 is 0.754 bits per heavy atom. The summed E-state index contributed by atoms with van der Waals surface area (Å²) in [4.78, 5) is 52.8. The predicted octanol–water partition coefficient (Wildman–Crippen LogP) is 7.23. The van der Waals surface area contributed by atoms with E-state index >= 15 is 0 Å². The zero-order valence-corrected chi connectivity index (χ0v) is 38.0. The Kier molecular flexibility index (Phi) is 14.7. The van der Waals surface area contributed by atoms with Gasteiger partial charge in [-0.15, -0.1) is 8.78 Å². The number of fused-ring (bicyclic) bond motifs is 1. The second-order valence-electron chi connectivity index (χ2n) is 16.4. The summed E-state index contributed by atoms with van der Waals surface area (Å²) in [6.45, 7) is 6.31. The fourth-order valence-electron chi connectivity index (χ4n) is 7.98. The minimum absolute atomic E-state index is 0.0866. The quantitative estimate of drug-likeness (QED) is 0.0451. The first kappa shape index (κ1) is 47.9. The molecule has 18 heteroatoms. The first-order valence-electron chi connectivity index (χ1n) is 22.5. The number of nitrogens with two attached hydrogens (primary N) is 1. The van der Waals surface area contributed by atoms with Crippen LogP contribution in [0, 0.1) is 6.92 Å². The summed E-state index contributed by atoms with van der Waals surface area (Å²) < 4.78 is 53.1. The molecule has 0 atom stereocenters. The molecule has 1 aliphatic carbocycles. The van der Waals surface area contributed by atoms with Crippen molar-refractivity contribution in [2.24, 2.45) is 0 Å². The van der Waals surface area contributed by atoms with Crippen LogP contribution in [0.15, 0.2) is 103 Å². The molecule has 1 saturated carbocycles. The molecule has 0 bridgehead atoms. The van der Waals surface area contributed by atoms with E-state index < -0.39 is 11.7 Å². The lowest BCUT2D eigenvalue weighted by Crippen LogP contribution is -2.28. The highest BCUT2D eigenvalue weighted by molar-refractivity contribution is 6.01. The number of ether oxygens (including phenoxy) is 5. The van der Waals surface area contributed by atoms with Gasteiger partial charge in [0.05, 0.1) is 50.8 Å². The molecule has 6 aromatic rings. The zero-order chi connectivity index (χ0) is 48.5. The van der Waals surface area contributed by atoms with Crippen LogP contribution in [0.5, 0.6) is 17.2 Å². The van der Waals surface area contributed by atoms with Gasteiger partial charge < -0.3 is 50.5 Å². The molecule has 3 aromatic carbocycles. The van der Waals surface area contributed by atoms with Gasteiger partial charge in [0, 0.05) is 53.3 Å². The number of amides is 3. The van der Waals surface area contributed by atoms with Gasteiger partial charge in [0.15, 0.2) is 11.5 Å². The van der Waals surface area contributed by atoms with Crippen molar-refractivity contribution in [2.45, 2.75) is 44.8 Å². The molecule has 3 aromatic heterocycles. The van der Waals surface area contributed by atoms with Crippen LogP contribution < -0.4 is 31.2 Å². The number of aryl methyl sites for hydroxylation is 1. The monoisotopic (exact) mass is 943 g/mol. The van der Waals surface area contributed by atoms with Crippen LogP contribution in [-0.4, -0.2) is 96.8 Å². The van der Waals surface area contributed by atoms with Crippen molar-refractivity contribution in [1.29, 1.82) is 0 Å². The third-order valence-corrected chi connectivity index (χ3v) is 11.7. The normalized spacial score (nSPS) is 14.0. The van der Waals surface area contributed by atoms with Gasteiger partial charge in [-0.2, -0.15) is 0 Å². The first-order valence-corrected chi connectivity index (χ1v) is 22.5. The van der Waals surface area contributed by atoms with Gasteiger partial charge in [0.2, 0.25) is 5.91 Å². The number of rotatable bonds is 21. The zero-order valence-electron chi connectivity index (χ0n) is 38.0. The number of aromatic nitrogens is 3. The lowest BCUT2D eigenvalue weighted by molar-refractivity contribution is -0.286. The van der Waals surface area contributed by atoms with Crippen molar-refractivity contribution in [2.75, 3.05) is 63.8 Å². The fraction of sp³-hybridized carbons (Fsp3) is 0.294. The molecule has 16 nitrogen and oxygen atoms in total. The average Bonchev–Trinajstić information content (AvgIpc) is 4.10. The van der Waals surface area contributed by atoms with Crippen molar-refractivity contribution >= 4 is 29.4 Å². The number of carbonyl (C=O) groups is 3. The SMILES string of the molecule is CCc1c(-c2ccc(C(=O)NCCOCCOCCOCCNC(=O)c3cccc(-c4nc(NC(=O)C5(c6ccc7c(c6)OC(F)(F)O7)CC5)ccc4C)c3)nc2)cnc(N)c1-c1ccc(O)cc1. The first-order chi connectivity index (χ1) is 33.3. The summed E-state index contributed by atoms with van der Waals surface area (Å²) in [5, 5.41) is 18.3. The van der Waals surface area contributed by atoms with E-state index in [0.29, 0.717) is 79.7 Å². The number of aromatic hydroxyl groups is 1. The van der Waals surface area contributed by atoms with Crippen LogP contribution in [0.3, 0.4) is 0 Å². The third-order valence-electron chi connectivity index (χ3n) is 11.7. The van der Waals surface area contributed by atoms with Gasteiger partial charge in [-0.25, -0.2) is 9.97 Å². The van der Waals surface area contributed by atoms with Crippen molar-refractivity contribution in [1.82, 2.24) is 25.6 Å². The molecule has 8 rings (SSSR count). The molecule has 1 aliphatic heterocycles. The maximum absolute atomic E-state index is 13.6. The molecule has 0 radical (unpaired) electrons. The Morgan fingerprint density at radius 2 is 1.43 bits per heavy atom. The summed E-state index contributed by atoms with van der Waals surface area (Å²) in [6, 6.07) is 25.2. The largest absolute Gasteiger partial charge is 0.586 e.